The molecule has 29 heavy (non-hydrogen) atoms. The number of H-pyrrole nitrogens is 1. The lowest BCUT2D eigenvalue weighted by molar-refractivity contribution is 0.0730. The van der Waals surface area contributed by atoms with E-state index in [-0.39, 0.29) is 35.0 Å². The van der Waals surface area contributed by atoms with E-state index in [4.69, 9.17) is 4.74 Å². The molecule has 1 saturated carbocycles. The van der Waals surface area contributed by atoms with Crippen molar-refractivity contribution in [1.82, 2.24) is 14.6 Å². The Kier molecular flexibility index (Phi) is 5.71. The molecule has 156 valence electrons. The highest BCUT2D eigenvalue weighted by Gasteiger charge is 2.27. The van der Waals surface area contributed by atoms with Crippen LogP contribution in [0.1, 0.15) is 42.5 Å². The van der Waals surface area contributed by atoms with Gasteiger partial charge in [0.05, 0.1) is 18.1 Å². The fourth-order valence-corrected chi connectivity index (χ4v) is 5.41. The first-order chi connectivity index (χ1) is 14.0. The lowest BCUT2D eigenvalue weighted by Crippen LogP contribution is -2.40. The van der Waals surface area contributed by atoms with E-state index in [2.05, 4.69) is 10.3 Å². The summed E-state index contributed by atoms with van der Waals surface area (Å²) in [5, 5.41) is 3.13. The maximum atomic E-state index is 13.0. The van der Waals surface area contributed by atoms with Crippen molar-refractivity contribution in [3.05, 3.63) is 40.2 Å². The number of aromatic nitrogens is 1. The molecule has 1 aromatic heterocycles. The van der Waals surface area contributed by atoms with Crippen molar-refractivity contribution in [3.8, 4) is 0 Å². The molecule has 1 amide bonds. The summed E-state index contributed by atoms with van der Waals surface area (Å²) in [5.74, 6) is -0.415. The van der Waals surface area contributed by atoms with Crippen LogP contribution in [-0.4, -0.2) is 56.0 Å². The highest BCUT2D eigenvalue weighted by atomic mass is 32.2. The number of hydrogen-bond donors (Lipinski definition) is 2. The van der Waals surface area contributed by atoms with Gasteiger partial charge in [-0.2, -0.15) is 4.31 Å². The van der Waals surface area contributed by atoms with E-state index in [1.165, 1.54) is 29.1 Å². The molecule has 9 heteroatoms. The monoisotopic (exact) mass is 419 g/mol. The topological polar surface area (TPSA) is 109 Å². The highest BCUT2D eigenvalue weighted by molar-refractivity contribution is 7.89. The molecule has 0 radical (unpaired) electrons. The molecule has 0 spiro atoms. The molecule has 1 aliphatic carbocycles. The van der Waals surface area contributed by atoms with Crippen molar-refractivity contribution in [2.75, 3.05) is 26.3 Å². The number of nitrogens with one attached hydrogen (secondary N) is 2. The zero-order valence-electron chi connectivity index (χ0n) is 16.1. The molecule has 2 heterocycles. The Bertz CT molecular complexity index is 1070. The number of carbonyl (C=O) groups excluding carboxylic acids is 1. The minimum atomic E-state index is -3.73. The van der Waals surface area contributed by atoms with Crippen molar-refractivity contribution in [1.29, 1.82) is 0 Å². The second-order valence-electron chi connectivity index (χ2n) is 7.56. The third-order valence-electron chi connectivity index (χ3n) is 5.65. The molecule has 2 N–H and O–H groups in total. The molecule has 2 fully saturated rings. The number of ether oxygens (including phenoxy) is 1. The highest BCUT2D eigenvalue weighted by Crippen LogP contribution is 2.21. The Morgan fingerprint density at radius 2 is 1.86 bits per heavy atom. The summed E-state index contributed by atoms with van der Waals surface area (Å²) in [6.45, 7) is 1.25. The van der Waals surface area contributed by atoms with Crippen LogP contribution in [-0.2, 0) is 14.8 Å². The van der Waals surface area contributed by atoms with Gasteiger partial charge in [-0.05, 0) is 31.0 Å². The molecule has 0 bridgehead atoms. The van der Waals surface area contributed by atoms with Gasteiger partial charge in [0, 0.05) is 36.2 Å². The Morgan fingerprint density at radius 3 is 2.59 bits per heavy atom. The van der Waals surface area contributed by atoms with E-state index in [9.17, 15) is 18.0 Å². The summed E-state index contributed by atoms with van der Waals surface area (Å²) in [6.07, 6.45) is 6.55. The molecule has 8 nitrogen and oxygen atoms in total. The normalized spacial score (nSPS) is 19.3. The summed E-state index contributed by atoms with van der Waals surface area (Å²) in [5.41, 5.74) is 0.0280. The van der Waals surface area contributed by atoms with Gasteiger partial charge in [-0.15, -0.1) is 0 Å². The average Bonchev–Trinajstić information content (AvgIpc) is 2.75. The second kappa shape index (κ2) is 8.25. The minimum Gasteiger partial charge on any atom is -0.379 e. The Hall–Kier alpha value is -2.23. The van der Waals surface area contributed by atoms with Gasteiger partial charge in [0.1, 0.15) is 5.56 Å². The van der Waals surface area contributed by atoms with Gasteiger partial charge in [0.15, 0.2) is 0 Å². The summed E-state index contributed by atoms with van der Waals surface area (Å²) in [7, 11) is -3.73. The fraction of sp³-hybridized carbons (Fsp3) is 0.500. The van der Waals surface area contributed by atoms with Crippen LogP contribution in [0, 0.1) is 0 Å². The van der Waals surface area contributed by atoms with Crippen molar-refractivity contribution in [2.24, 2.45) is 0 Å². The van der Waals surface area contributed by atoms with E-state index < -0.39 is 21.4 Å². The van der Waals surface area contributed by atoms with Crippen LogP contribution in [0.2, 0.25) is 0 Å². The summed E-state index contributed by atoms with van der Waals surface area (Å²) in [6, 6.07) is 4.48. The van der Waals surface area contributed by atoms with Gasteiger partial charge in [-0.3, -0.25) is 9.59 Å². The number of fused-ring (bicyclic) bond motifs is 1. The number of pyridine rings is 1. The van der Waals surface area contributed by atoms with E-state index in [0.29, 0.717) is 18.7 Å². The molecule has 4 rings (SSSR count). The molecule has 1 saturated heterocycles. The number of amides is 1. The first-order valence-corrected chi connectivity index (χ1v) is 11.4. The summed E-state index contributed by atoms with van der Waals surface area (Å²) in [4.78, 5) is 28.6. The SMILES string of the molecule is O=C(NC1CCCCC1)c1c[nH]c2ccc(S(=O)(=O)N3CCOCC3)cc2c1=O. The first-order valence-electron chi connectivity index (χ1n) is 10.0. The average molecular weight is 420 g/mol. The third kappa shape index (κ3) is 4.08. The van der Waals surface area contributed by atoms with Crippen molar-refractivity contribution >= 4 is 26.8 Å². The first kappa shape index (κ1) is 20.1. The maximum Gasteiger partial charge on any atom is 0.256 e. The maximum absolute atomic E-state index is 13.0. The molecular formula is C20H25N3O5S. The number of nitrogens with zero attached hydrogens (tertiary/aromatic N) is 1. The van der Waals surface area contributed by atoms with Crippen LogP contribution < -0.4 is 10.7 Å². The van der Waals surface area contributed by atoms with Gasteiger partial charge in [-0.1, -0.05) is 19.3 Å². The second-order valence-corrected chi connectivity index (χ2v) is 9.50. The molecule has 0 atom stereocenters. The zero-order valence-corrected chi connectivity index (χ0v) is 17.0. The Morgan fingerprint density at radius 1 is 1.14 bits per heavy atom. The van der Waals surface area contributed by atoms with Gasteiger partial charge >= 0.3 is 0 Å². The van der Waals surface area contributed by atoms with Gasteiger partial charge in [0.2, 0.25) is 15.5 Å². The van der Waals surface area contributed by atoms with Crippen LogP contribution in [0.4, 0.5) is 0 Å². The van der Waals surface area contributed by atoms with Crippen molar-refractivity contribution in [3.63, 3.8) is 0 Å². The van der Waals surface area contributed by atoms with E-state index in [1.807, 2.05) is 0 Å². The van der Waals surface area contributed by atoms with Crippen LogP contribution >= 0.6 is 0 Å². The number of carbonyl (C=O) groups is 1. The summed E-state index contributed by atoms with van der Waals surface area (Å²) >= 11 is 0. The fourth-order valence-electron chi connectivity index (χ4n) is 3.97. The predicted octanol–water partition coefficient (Wildman–Crippen LogP) is 1.61. The van der Waals surface area contributed by atoms with Gasteiger partial charge in [0.25, 0.3) is 5.91 Å². The quantitative estimate of drug-likeness (QED) is 0.783. The summed E-state index contributed by atoms with van der Waals surface area (Å²) < 4.78 is 32.4. The standard InChI is InChI=1S/C20H25N3O5S/c24-19-16-12-15(29(26,27)23-8-10-28-11-9-23)6-7-18(16)21-13-17(19)20(25)22-14-4-2-1-3-5-14/h6-7,12-14H,1-5,8-11H2,(H,21,24)(H,22,25). The molecular weight excluding hydrogens is 394 g/mol. The lowest BCUT2D eigenvalue weighted by Gasteiger charge is -2.26. The molecule has 0 unspecified atom stereocenters. The minimum absolute atomic E-state index is 0.00370. The van der Waals surface area contributed by atoms with E-state index in [1.54, 1.807) is 6.07 Å². The lowest BCUT2D eigenvalue weighted by atomic mass is 9.95. The third-order valence-corrected chi connectivity index (χ3v) is 7.54. The molecule has 2 aliphatic rings. The Balaban J connectivity index is 1.66. The van der Waals surface area contributed by atoms with Crippen LogP contribution in [0.3, 0.4) is 0 Å². The van der Waals surface area contributed by atoms with Crippen molar-refractivity contribution in [2.45, 2.75) is 43.0 Å². The molecule has 1 aliphatic heterocycles. The van der Waals surface area contributed by atoms with Crippen LogP contribution in [0.15, 0.2) is 34.1 Å². The number of benzene rings is 1. The largest absolute Gasteiger partial charge is 0.379 e. The Labute approximate surface area is 169 Å². The van der Waals surface area contributed by atoms with Gasteiger partial charge in [-0.25, -0.2) is 8.42 Å². The van der Waals surface area contributed by atoms with Crippen molar-refractivity contribution < 1.29 is 17.9 Å². The van der Waals surface area contributed by atoms with E-state index in [0.717, 1.165) is 25.7 Å². The number of rotatable bonds is 4. The van der Waals surface area contributed by atoms with Crippen LogP contribution in [0.5, 0.6) is 0 Å². The zero-order chi connectivity index (χ0) is 20.4. The van der Waals surface area contributed by atoms with E-state index >= 15 is 0 Å². The number of aromatic amines is 1. The molecule has 2 aromatic rings. The number of sulfonamides is 1. The van der Waals surface area contributed by atoms with Crippen LogP contribution in [0.25, 0.3) is 10.9 Å². The van der Waals surface area contributed by atoms with Gasteiger partial charge < -0.3 is 15.0 Å². The molecule has 1 aromatic carbocycles. The predicted molar refractivity (Wildman–Crippen MR) is 108 cm³/mol. The smallest absolute Gasteiger partial charge is 0.256 e. The number of hydrogen-bond acceptors (Lipinski definition) is 5. The number of morpholine rings is 1.